The SMILES string of the molecule is Cc1ccsc1/C=C/Nc1ccc(-c2cccc(C(=O)N3CCOCC3)c2)cn1. The summed E-state index contributed by atoms with van der Waals surface area (Å²) in [5.41, 5.74) is 3.92. The van der Waals surface area contributed by atoms with Gasteiger partial charge in [0.15, 0.2) is 0 Å². The Balaban J connectivity index is 1.44. The Morgan fingerprint density at radius 3 is 2.76 bits per heavy atom. The van der Waals surface area contributed by atoms with Crippen molar-refractivity contribution in [3.63, 3.8) is 0 Å². The number of pyridine rings is 1. The van der Waals surface area contributed by atoms with Crippen molar-refractivity contribution in [2.75, 3.05) is 31.6 Å². The molecule has 4 rings (SSSR count). The molecule has 0 saturated carbocycles. The van der Waals surface area contributed by atoms with Gasteiger partial charge < -0.3 is 15.0 Å². The average molecular weight is 406 g/mol. The summed E-state index contributed by atoms with van der Waals surface area (Å²) in [7, 11) is 0. The van der Waals surface area contributed by atoms with Crippen LogP contribution in [0.25, 0.3) is 17.2 Å². The molecule has 1 amide bonds. The van der Waals surface area contributed by atoms with E-state index in [0.29, 0.717) is 31.9 Å². The molecule has 1 aliphatic rings. The Labute approximate surface area is 174 Å². The molecule has 0 aliphatic carbocycles. The summed E-state index contributed by atoms with van der Waals surface area (Å²) in [4.78, 5) is 20.3. The fourth-order valence-electron chi connectivity index (χ4n) is 3.19. The van der Waals surface area contributed by atoms with Gasteiger partial charge in [-0.05, 0) is 59.8 Å². The van der Waals surface area contributed by atoms with E-state index in [9.17, 15) is 4.79 Å². The maximum atomic E-state index is 12.7. The number of hydrogen-bond acceptors (Lipinski definition) is 5. The molecular formula is C23H23N3O2S. The zero-order valence-corrected chi connectivity index (χ0v) is 17.1. The molecule has 5 nitrogen and oxygen atoms in total. The zero-order valence-electron chi connectivity index (χ0n) is 16.3. The van der Waals surface area contributed by atoms with Crippen LogP contribution in [-0.4, -0.2) is 42.1 Å². The van der Waals surface area contributed by atoms with E-state index >= 15 is 0 Å². The quantitative estimate of drug-likeness (QED) is 0.670. The first-order valence-corrected chi connectivity index (χ1v) is 10.5. The number of aromatic nitrogens is 1. The number of nitrogens with one attached hydrogen (secondary N) is 1. The van der Waals surface area contributed by atoms with Crippen LogP contribution in [0, 0.1) is 6.92 Å². The van der Waals surface area contributed by atoms with Crippen LogP contribution in [0.4, 0.5) is 5.82 Å². The lowest BCUT2D eigenvalue weighted by Crippen LogP contribution is -2.40. The molecule has 2 aromatic heterocycles. The molecule has 0 atom stereocenters. The molecule has 1 aromatic carbocycles. The van der Waals surface area contributed by atoms with E-state index in [1.807, 2.05) is 53.7 Å². The highest BCUT2D eigenvalue weighted by molar-refractivity contribution is 7.11. The molecule has 1 aliphatic heterocycles. The van der Waals surface area contributed by atoms with Gasteiger partial charge in [0.2, 0.25) is 0 Å². The van der Waals surface area contributed by atoms with Crippen molar-refractivity contribution in [3.05, 3.63) is 76.2 Å². The summed E-state index contributed by atoms with van der Waals surface area (Å²) in [5.74, 6) is 0.829. The predicted molar refractivity (Wildman–Crippen MR) is 118 cm³/mol. The van der Waals surface area contributed by atoms with Crippen LogP contribution in [0.2, 0.25) is 0 Å². The smallest absolute Gasteiger partial charge is 0.254 e. The molecule has 148 valence electrons. The topological polar surface area (TPSA) is 54.5 Å². The monoisotopic (exact) mass is 405 g/mol. The van der Waals surface area contributed by atoms with Crippen molar-refractivity contribution in [1.29, 1.82) is 0 Å². The number of benzene rings is 1. The Morgan fingerprint density at radius 2 is 2.03 bits per heavy atom. The third-order valence-electron chi connectivity index (χ3n) is 4.87. The fourth-order valence-corrected chi connectivity index (χ4v) is 4.01. The van der Waals surface area contributed by atoms with Gasteiger partial charge in [-0.15, -0.1) is 11.3 Å². The van der Waals surface area contributed by atoms with Gasteiger partial charge in [0.1, 0.15) is 5.82 Å². The Morgan fingerprint density at radius 1 is 1.17 bits per heavy atom. The third-order valence-corrected chi connectivity index (χ3v) is 5.86. The van der Waals surface area contributed by atoms with Gasteiger partial charge in [-0.1, -0.05) is 12.1 Å². The van der Waals surface area contributed by atoms with E-state index in [0.717, 1.165) is 16.9 Å². The number of ether oxygens (including phenoxy) is 1. The second-order valence-corrected chi connectivity index (χ2v) is 7.81. The third kappa shape index (κ3) is 4.72. The zero-order chi connectivity index (χ0) is 20.1. The van der Waals surface area contributed by atoms with Gasteiger partial charge in [-0.25, -0.2) is 4.98 Å². The van der Waals surface area contributed by atoms with E-state index in [1.54, 1.807) is 11.3 Å². The maximum absolute atomic E-state index is 12.7. The van der Waals surface area contributed by atoms with Crippen LogP contribution in [0.5, 0.6) is 0 Å². The van der Waals surface area contributed by atoms with Crippen molar-refractivity contribution in [2.24, 2.45) is 0 Å². The highest BCUT2D eigenvalue weighted by atomic mass is 32.1. The molecule has 3 heterocycles. The molecular weight excluding hydrogens is 382 g/mol. The summed E-state index contributed by atoms with van der Waals surface area (Å²) in [6.07, 6.45) is 5.78. The Bertz CT molecular complexity index is 1000. The molecule has 1 N–H and O–H groups in total. The van der Waals surface area contributed by atoms with Gasteiger partial charge in [0, 0.05) is 41.5 Å². The van der Waals surface area contributed by atoms with Gasteiger partial charge in [0.05, 0.1) is 13.2 Å². The van der Waals surface area contributed by atoms with Crippen LogP contribution >= 0.6 is 11.3 Å². The maximum Gasteiger partial charge on any atom is 0.254 e. The van der Waals surface area contributed by atoms with Crippen LogP contribution in [0.15, 0.2) is 60.2 Å². The van der Waals surface area contributed by atoms with Crippen molar-refractivity contribution < 1.29 is 9.53 Å². The number of carbonyl (C=O) groups excluding carboxylic acids is 1. The number of rotatable bonds is 5. The molecule has 1 saturated heterocycles. The number of thiophene rings is 1. The summed E-state index contributed by atoms with van der Waals surface area (Å²) in [6.45, 7) is 4.59. The predicted octanol–water partition coefficient (Wildman–Crippen LogP) is 4.67. The van der Waals surface area contributed by atoms with Gasteiger partial charge in [0.25, 0.3) is 5.91 Å². The van der Waals surface area contributed by atoms with E-state index < -0.39 is 0 Å². The largest absolute Gasteiger partial charge is 0.378 e. The Hall–Kier alpha value is -2.96. The second-order valence-electron chi connectivity index (χ2n) is 6.86. The number of anilines is 1. The minimum Gasteiger partial charge on any atom is -0.378 e. The van der Waals surface area contributed by atoms with Crippen molar-refractivity contribution in [2.45, 2.75) is 6.92 Å². The lowest BCUT2D eigenvalue weighted by Gasteiger charge is -2.27. The number of carbonyl (C=O) groups is 1. The van der Waals surface area contributed by atoms with E-state index in [2.05, 4.69) is 34.7 Å². The minimum atomic E-state index is 0.0513. The van der Waals surface area contributed by atoms with Gasteiger partial charge >= 0.3 is 0 Å². The van der Waals surface area contributed by atoms with Crippen LogP contribution in [-0.2, 0) is 4.74 Å². The van der Waals surface area contributed by atoms with Gasteiger partial charge in [-0.2, -0.15) is 0 Å². The van der Waals surface area contributed by atoms with E-state index in [4.69, 9.17) is 4.74 Å². The summed E-state index contributed by atoms with van der Waals surface area (Å²) >= 11 is 1.71. The Kier molecular flexibility index (Phi) is 6.03. The number of aryl methyl sites for hydroxylation is 1. The molecule has 6 heteroatoms. The summed E-state index contributed by atoms with van der Waals surface area (Å²) in [6, 6.07) is 13.8. The first kappa shape index (κ1) is 19.4. The van der Waals surface area contributed by atoms with E-state index in [-0.39, 0.29) is 5.91 Å². The number of amides is 1. The summed E-state index contributed by atoms with van der Waals surface area (Å²) < 4.78 is 5.33. The molecule has 3 aromatic rings. The average Bonchev–Trinajstić information content (AvgIpc) is 3.19. The molecule has 0 unspecified atom stereocenters. The number of hydrogen-bond donors (Lipinski definition) is 1. The highest BCUT2D eigenvalue weighted by Gasteiger charge is 2.18. The first-order chi connectivity index (χ1) is 14.2. The van der Waals surface area contributed by atoms with Crippen LogP contribution in [0.3, 0.4) is 0 Å². The lowest BCUT2D eigenvalue weighted by atomic mass is 10.0. The molecule has 1 fully saturated rings. The number of nitrogens with zero attached hydrogens (tertiary/aromatic N) is 2. The van der Waals surface area contributed by atoms with Gasteiger partial charge in [-0.3, -0.25) is 4.79 Å². The molecule has 0 radical (unpaired) electrons. The lowest BCUT2D eigenvalue weighted by molar-refractivity contribution is 0.0303. The highest BCUT2D eigenvalue weighted by Crippen LogP contribution is 2.22. The van der Waals surface area contributed by atoms with Crippen LogP contribution < -0.4 is 5.32 Å². The molecule has 29 heavy (non-hydrogen) atoms. The van der Waals surface area contributed by atoms with Crippen molar-refractivity contribution in [3.8, 4) is 11.1 Å². The molecule has 0 bridgehead atoms. The fraction of sp³-hybridized carbons (Fsp3) is 0.217. The van der Waals surface area contributed by atoms with Crippen molar-refractivity contribution >= 4 is 29.1 Å². The minimum absolute atomic E-state index is 0.0513. The normalized spacial score (nSPS) is 14.3. The number of morpholine rings is 1. The standard InChI is InChI=1S/C23H23N3O2S/c1-17-8-14-29-21(17)7-9-24-22-6-5-20(16-25-22)18-3-2-4-19(15-18)23(27)26-10-12-28-13-11-26/h2-9,14-16H,10-13H2,1H3,(H,24,25)/b9-7+. The van der Waals surface area contributed by atoms with E-state index in [1.165, 1.54) is 10.4 Å². The molecule has 0 spiro atoms. The summed E-state index contributed by atoms with van der Waals surface area (Å²) in [5, 5.41) is 5.29. The van der Waals surface area contributed by atoms with Crippen molar-refractivity contribution in [1.82, 2.24) is 9.88 Å². The van der Waals surface area contributed by atoms with Crippen LogP contribution in [0.1, 0.15) is 20.8 Å². The second kappa shape index (κ2) is 9.03. The first-order valence-electron chi connectivity index (χ1n) is 9.61.